The zero-order chi connectivity index (χ0) is 9.78. The molecular weight excluding hydrogens is 285 g/mol. The highest BCUT2D eigenvalue weighted by molar-refractivity contribution is 5.71. The number of carbonyl (C=O) groups excluding carboxylic acids is 1. The predicted molar refractivity (Wildman–Crippen MR) is 45.5 cm³/mol. The van der Waals surface area contributed by atoms with E-state index in [0.29, 0.717) is 6.54 Å². The summed E-state index contributed by atoms with van der Waals surface area (Å²) >= 11 is 0. The summed E-state index contributed by atoms with van der Waals surface area (Å²) in [6.45, 7) is 3.54. The number of quaternary nitrogens is 1. The summed E-state index contributed by atoms with van der Waals surface area (Å²) in [4.78, 5) is 11.3. The second-order valence-electron chi connectivity index (χ2n) is 3.27. The molecule has 5 heteroatoms. The third kappa shape index (κ3) is 6.00. The third-order valence-corrected chi connectivity index (χ3v) is 1.69. The van der Waals surface area contributed by atoms with Gasteiger partial charge in [0.2, 0.25) is 0 Å². The van der Waals surface area contributed by atoms with Gasteiger partial charge < -0.3 is 34.2 Å². The number of hydrogen-bond donors (Lipinski definition) is 2. The zero-order valence-electron chi connectivity index (χ0n) is 7.96. The van der Waals surface area contributed by atoms with Crippen LogP contribution in [0.1, 0.15) is 6.42 Å². The van der Waals surface area contributed by atoms with Crippen LogP contribution in [0.15, 0.2) is 12.3 Å². The van der Waals surface area contributed by atoms with Crippen molar-refractivity contribution in [1.29, 1.82) is 0 Å². The lowest BCUT2D eigenvalue weighted by atomic mass is 10.3. The van der Waals surface area contributed by atoms with Gasteiger partial charge in [-0.05, 0) is 0 Å². The number of hydrogen-bond acceptors (Lipinski definition) is 3. The fraction of sp³-hybridized carbons (Fsp3) is 0.625. The Morgan fingerprint density at radius 1 is 1.46 bits per heavy atom. The van der Waals surface area contributed by atoms with Crippen LogP contribution in [-0.4, -0.2) is 47.9 Å². The van der Waals surface area contributed by atoms with E-state index in [0.717, 1.165) is 0 Å². The number of aliphatic hydroxyl groups excluding tert-OH is 2. The molecule has 0 aliphatic carbocycles. The minimum absolute atomic E-state index is 0. The zero-order valence-corrected chi connectivity index (χ0v) is 10.1. The summed E-state index contributed by atoms with van der Waals surface area (Å²) in [5, 5.41) is 17.4. The molecule has 0 saturated heterocycles. The molecule has 1 amide bonds. The highest BCUT2D eigenvalue weighted by Crippen LogP contribution is 2.04. The average Bonchev–Trinajstić information content (AvgIpc) is 1.85. The normalized spacial score (nSPS) is 10.4. The van der Waals surface area contributed by atoms with Crippen LogP contribution < -0.4 is 24.0 Å². The van der Waals surface area contributed by atoms with Gasteiger partial charge in [-0.15, -0.1) is 0 Å². The summed E-state index contributed by atoms with van der Waals surface area (Å²) in [6.07, 6.45) is -0.0486. The van der Waals surface area contributed by atoms with Gasteiger partial charge in [0.1, 0.15) is 13.0 Å². The first-order valence-electron chi connectivity index (χ1n) is 3.74. The fourth-order valence-corrected chi connectivity index (χ4v) is 0.763. The number of likely N-dealkylation sites (N-methyl/N-ethyl adjacent to an activating group) is 1. The van der Waals surface area contributed by atoms with Crippen molar-refractivity contribution in [1.82, 2.24) is 0 Å². The Morgan fingerprint density at radius 3 is 2.23 bits per heavy atom. The molecule has 0 rings (SSSR count). The summed E-state index contributed by atoms with van der Waals surface area (Å²) in [6, 6.07) is 0. The van der Waals surface area contributed by atoms with E-state index in [1.807, 2.05) is 0 Å². The van der Waals surface area contributed by atoms with Gasteiger partial charge in [0, 0.05) is 0 Å². The number of amides is 1. The van der Waals surface area contributed by atoms with Crippen molar-refractivity contribution in [2.45, 2.75) is 6.42 Å². The van der Waals surface area contributed by atoms with Crippen LogP contribution in [0.4, 0.5) is 0 Å². The Morgan fingerprint density at radius 2 is 1.92 bits per heavy atom. The Hall–Kier alpha value is -0.140. The van der Waals surface area contributed by atoms with E-state index < -0.39 is 0 Å². The second kappa shape index (κ2) is 6.33. The molecule has 0 aromatic rings. The van der Waals surface area contributed by atoms with E-state index in [9.17, 15) is 4.79 Å². The SMILES string of the molecule is C=C(O)CC(=O)[N+](C)(C)CCO.[I-]. The molecule has 4 nitrogen and oxygen atoms in total. The van der Waals surface area contributed by atoms with Crippen molar-refractivity contribution in [3.05, 3.63) is 12.3 Å². The Bertz CT molecular complexity index is 192. The number of aliphatic hydroxyl groups is 2. The van der Waals surface area contributed by atoms with Crippen LogP contribution in [0.25, 0.3) is 0 Å². The Balaban J connectivity index is 0. The van der Waals surface area contributed by atoms with E-state index >= 15 is 0 Å². The predicted octanol–water partition coefficient (Wildman–Crippen LogP) is -2.95. The molecule has 0 spiro atoms. The number of nitrogens with zero attached hydrogens (tertiary/aromatic N) is 1. The summed E-state index contributed by atoms with van der Waals surface area (Å²) in [7, 11) is 3.36. The van der Waals surface area contributed by atoms with Gasteiger partial charge in [0.25, 0.3) is 0 Å². The molecule has 0 aliphatic heterocycles. The molecule has 13 heavy (non-hydrogen) atoms. The Labute approximate surface area is 95.5 Å². The molecule has 0 bridgehead atoms. The van der Waals surface area contributed by atoms with Crippen LogP contribution in [0.3, 0.4) is 0 Å². The molecule has 0 aromatic heterocycles. The highest BCUT2D eigenvalue weighted by Gasteiger charge is 2.25. The van der Waals surface area contributed by atoms with Gasteiger partial charge in [-0.1, -0.05) is 6.58 Å². The monoisotopic (exact) mass is 301 g/mol. The van der Waals surface area contributed by atoms with Crippen LogP contribution in [0.5, 0.6) is 0 Å². The third-order valence-electron chi connectivity index (χ3n) is 1.69. The first kappa shape index (κ1) is 15.3. The largest absolute Gasteiger partial charge is 1.00 e. The quantitative estimate of drug-likeness (QED) is 0.332. The molecule has 78 valence electrons. The maximum atomic E-state index is 11.3. The van der Waals surface area contributed by atoms with Crippen molar-refractivity contribution in [3.8, 4) is 0 Å². The summed E-state index contributed by atoms with van der Waals surface area (Å²) < 4.78 is 0.0656. The highest BCUT2D eigenvalue weighted by atomic mass is 127. The lowest BCUT2D eigenvalue weighted by molar-refractivity contribution is -0.814. The number of rotatable bonds is 4. The Kier molecular flexibility index (Phi) is 7.47. The molecule has 2 N–H and O–H groups in total. The van der Waals surface area contributed by atoms with E-state index in [1.54, 1.807) is 14.1 Å². The molecular formula is C8H16INO3. The van der Waals surface area contributed by atoms with Crippen LogP contribution in [0, 0.1) is 0 Å². The number of halogens is 1. The van der Waals surface area contributed by atoms with Gasteiger partial charge in [-0.25, -0.2) is 4.79 Å². The molecule has 0 heterocycles. The molecule has 0 saturated carbocycles. The molecule has 0 radical (unpaired) electrons. The topological polar surface area (TPSA) is 57.5 Å². The van der Waals surface area contributed by atoms with Crippen LogP contribution in [-0.2, 0) is 4.79 Å². The molecule has 0 atom stereocenters. The van der Waals surface area contributed by atoms with Crippen molar-refractivity contribution >= 4 is 5.91 Å². The maximum absolute atomic E-state index is 11.3. The standard InChI is InChI=1S/C8H15NO3.HI/c1-7(11)6-8(12)9(2,3)4-5-10;/h10H,1,4-6H2,2-3H3;1H. The van der Waals surface area contributed by atoms with E-state index in [4.69, 9.17) is 10.2 Å². The van der Waals surface area contributed by atoms with Crippen LogP contribution >= 0.6 is 0 Å². The van der Waals surface area contributed by atoms with E-state index in [-0.39, 0.29) is 53.2 Å². The minimum atomic E-state index is -0.156. The van der Waals surface area contributed by atoms with Crippen LogP contribution in [0.2, 0.25) is 0 Å². The lowest BCUT2D eigenvalue weighted by Gasteiger charge is -2.25. The molecule has 0 fully saturated rings. The van der Waals surface area contributed by atoms with Crippen molar-refractivity contribution in [3.63, 3.8) is 0 Å². The van der Waals surface area contributed by atoms with Gasteiger partial charge in [-0.2, -0.15) is 0 Å². The minimum Gasteiger partial charge on any atom is -1.00 e. The molecule has 0 unspecified atom stereocenters. The van der Waals surface area contributed by atoms with Gasteiger partial charge in [-0.3, -0.25) is 4.48 Å². The van der Waals surface area contributed by atoms with E-state index in [1.165, 1.54) is 0 Å². The van der Waals surface area contributed by atoms with Gasteiger partial charge >= 0.3 is 5.91 Å². The molecule has 0 aliphatic rings. The first-order valence-corrected chi connectivity index (χ1v) is 3.74. The fourth-order valence-electron chi connectivity index (χ4n) is 0.763. The van der Waals surface area contributed by atoms with Crippen molar-refractivity contribution in [2.24, 2.45) is 0 Å². The lowest BCUT2D eigenvalue weighted by Crippen LogP contribution is -3.00. The summed E-state index contributed by atoms with van der Waals surface area (Å²) in [5.74, 6) is -0.291. The van der Waals surface area contributed by atoms with Crippen molar-refractivity contribution < 1.29 is 43.5 Å². The average molecular weight is 301 g/mol. The number of carbonyl (C=O) groups is 1. The van der Waals surface area contributed by atoms with E-state index in [2.05, 4.69) is 6.58 Å². The van der Waals surface area contributed by atoms with Gasteiger partial charge in [0.15, 0.2) is 0 Å². The smallest absolute Gasteiger partial charge is 0.320 e. The second-order valence-corrected chi connectivity index (χ2v) is 3.27. The van der Waals surface area contributed by atoms with Gasteiger partial charge in [0.05, 0.1) is 26.5 Å². The molecule has 0 aromatic carbocycles. The summed E-state index contributed by atoms with van der Waals surface area (Å²) in [5.41, 5.74) is 0. The van der Waals surface area contributed by atoms with Crippen molar-refractivity contribution in [2.75, 3.05) is 27.2 Å². The first-order chi connectivity index (χ1) is 5.40. The maximum Gasteiger partial charge on any atom is 0.320 e.